The van der Waals surface area contributed by atoms with Crippen molar-refractivity contribution in [2.24, 2.45) is 5.73 Å². The van der Waals surface area contributed by atoms with E-state index in [0.29, 0.717) is 23.7 Å². The van der Waals surface area contributed by atoms with Crippen molar-refractivity contribution in [2.45, 2.75) is 12.5 Å². The number of carbonyl (C=O) groups is 1. The Morgan fingerprint density at radius 3 is 2.25 bits per heavy atom. The number of phenols is 1. The molecule has 1 atom stereocenters. The predicted molar refractivity (Wildman–Crippen MR) is 117 cm³/mol. The summed E-state index contributed by atoms with van der Waals surface area (Å²) >= 11 is 12.4. The number of aliphatic carboxylic acids is 1. The fourth-order valence-electron chi connectivity index (χ4n) is 1.89. The largest absolute Gasteiger partial charge is 0.506 e. The highest BCUT2D eigenvalue weighted by Crippen LogP contribution is 2.38. The van der Waals surface area contributed by atoms with Gasteiger partial charge in [0.15, 0.2) is 5.75 Å². The van der Waals surface area contributed by atoms with Crippen LogP contribution < -0.4 is 10.5 Å². The summed E-state index contributed by atoms with van der Waals surface area (Å²) in [7, 11) is 0. The van der Waals surface area contributed by atoms with Crippen LogP contribution in [0.4, 0.5) is 0 Å². The molecule has 2 rings (SSSR count). The molecule has 0 amide bonds. The first-order chi connectivity index (χ1) is 11.2. The number of benzene rings is 2. The van der Waals surface area contributed by atoms with Gasteiger partial charge in [0, 0.05) is 0 Å². The van der Waals surface area contributed by atoms with Gasteiger partial charge in [0.05, 0.1) is 15.7 Å². The molecule has 0 bridgehead atoms. The molecule has 0 aromatic heterocycles. The fourth-order valence-corrected chi connectivity index (χ4v) is 4.84. The van der Waals surface area contributed by atoms with Crippen LogP contribution in [0.1, 0.15) is 5.56 Å². The molecule has 2 aromatic rings. The molecule has 0 saturated heterocycles. The molecule has 0 heterocycles. The Morgan fingerprint density at radius 2 is 1.75 bits per heavy atom. The first kappa shape index (κ1) is 20.3. The zero-order valence-electron chi connectivity index (χ0n) is 11.9. The molecule has 0 spiro atoms. The summed E-state index contributed by atoms with van der Waals surface area (Å²) < 4.78 is 7.94. The standard InChI is InChI=1S/C15H11ClI3NO4/c16-8-1-6(3-12(20)15(22)23)2-11(19)14(8)24-7-4-9(17)13(21)10(18)5-7/h1-2,4-5,12,21H,3,20H2,(H,22,23). The number of halogens is 4. The smallest absolute Gasteiger partial charge is 0.320 e. The zero-order chi connectivity index (χ0) is 18.0. The highest BCUT2D eigenvalue weighted by atomic mass is 127. The van der Waals surface area contributed by atoms with Gasteiger partial charge < -0.3 is 20.7 Å². The van der Waals surface area contributed by atoms with E-state index in [-0.39, 0.29) is 12.2 Å². The number of ether oxygens (including phenoxy) is 1. The monoisotopic (exact) mass is 685 g/mol. The van der Waals surface area contributed by atoms with E-state index in [0.717, 1.165) is 9.13 Å². The fraction of sp³-hybridized carbons (Fsp3) is 0.133. The lowest BCUT2D eigenvalue weighted by Gasteiger charge is -2.14. The van der Waals surface area contributed by atoms with E-state index >= 15 is 0 Å². The van der Waals surface area contributed by atoms with E-state index < -0.39 is 12.0 Å². The Hall–Kier alpha value is -0.0500. The Kier molecular flexibility index (Phi) is 7.22. The summed E-state index contributed by atoms with van der Waals surface area (Å²) in [4.78, 5) is 10.9. The van der Waals surface area contributed by atoms with Crippen LogP contribution in [0.5, 0.6) is 17.2 Å². The van der Waals surface area contributed by atoms with Crippen LogP contribution in [0, 0.1) is 10.7 Å². The summed E-state index contributed by atoms with van der Waals surface area (Å²) in [6.07, 6.45) is 0.181. The molecule has 0 aliphatic heterocycles. The normalized spacial score (nSPS) is 12.0. The van der Waals surface area contributed by atoms with E-state index in [1.54, 1.807) is 24.3 Å². The number of rotatable bonds is 5. The molecule has 0 fully saturated rings. The molecular weight excluding hydrogens is 674 g/mol. The van der Waals surface area contributed by atoms with Gasteiger partial charge in [0.2, 0.25) is 0 Å². The van der Waals surface area contributed by atoms with Crippen molar-refractivity contribution in [2.75, 3.05) is 0 Å². The molecule has 2 aromatic carbocycles. The second kappa shape index (κ2) is 8.56. The second-order valence-corrected chi connectivity index (χ2v) is 8.77. The highest BCUT2D eigenvalue weighted by molar-refractivity contribution is 14.1. The van der Waals surface area contributed by atoms with Crippen molar-refractivity contribution >= 4 is 85.3 Å². The maximum Gasteiger partial charge on any atom is 0.320 e. The van der Waals surface area contributed by atoms with Gasteiger partial charge in [0.25, 0.3) is 0 Å². The summed E-state index contributed by atoms with van der Waals surface area (Å²) in [6, 6.07) is 5.88. The zero-order valence-corrected chi connectivity index (χ0v) is 19.1. The number of hydrogen-bond acceptors (Lipinski definition) is 4. The molecule has 4 N–H and O–H groups in total. The number of carboxylic acid groups (broad SMARTS) is 1. The van der Waals surface area contributed by atoms with Crippen molar-refractivity contribution in [3.05, 3.63) is 45.6 Å². The van der Waals surface area contributed by atoms with Crippen LogP contribution >= 0.6 is 79.4 Å². The number of nitrogens with two attached hydrogens (primary N) is 1. The van der Waals surface area contributed by atoms with Gasteiger partial charge >= 0.3 is 5.97 Å². The van der Waals surface area contributed by atoms with E-state index in [2.05, 4.69) is 22.6 Å². The molecule has 1 unspecified atom stereocenters. The van der Waals surface area contributed by atoms with Gasteiger partial charge in [-0.2, -0.15) is 0 Å². The number of phenolic OH excluding ortho intramolecular Hbond substituents is 1. The lowest BCUT2D eigenvalue weighted by molar-refractivity contribution is -0.138. The minimum Gasteiger partial charge on any atom is -0.506 e. The maximum atomic E-state index is 10.9. The molecule has 128 valence electrons. The highest BCUT2D eigenvalue weighted by Gasteiger charge is 2.17. The SMILES string of the molecule is NC(Cc1cc(Cl)c(Oc2cc(I)c(O)c(I)c2)c(I)c1)C(=O)O. The summed E-state index contributed by atoms with van der Waals surface area (Å²) in [5.74, 6) is 0.177. The van der Waals surface area contributed by atoms with Crippen molar-refractivity contribution in [3.63, 3.8) is 0 Å². The minimum atomic E-state index is -1.06. The maximum absolute atomic E-state index is 10.9. The first-order valence-corrected chi connectivity index (χ1v) is 10.1. The molecule has 5 nitrogen and oxygen atoms in total. The molecular formula is C15H11ClI3NO4. The van der Waals surface area contributed by atoms with Crippen molar-refractivity contribution in [3.8, 4) is 17.2 Å². The second-order valence-electron chi connectivity index (χ2n) is 4.88. The summed E-state index contributed by atoms with van der Waals surface area (Å²) in [6.45, 7) is 0. The van der Waals surface area contributed by atoms with Crippen LogP contribution in [0.2, 0.25) is 5.02 Å². The lowest BCUT2D eigenvalue weighted by atomic mass is 10.1. The van der Waals surface area contributed by atoms with Gasteiger partial charge in [0.1, 0.15) is 17.5 Å². The van der Waals surface area contributed by atoms with E-state index in [1.165, 1.54) is 0 Å². The molecule has 0 aliphatic rings. The third-order valence-electron chi connectivity index (χ3n) is 3.04. The average molecular weight is 685 g/mol. The Bertz CT molecular complexity index is 754. The third kappa shape index (κ3) is 4.99. The summed E-state index contributed by atoms with van der Waals surface area (Å²) in [5.41, 5.74) is 6.28. The van der Waals surface area contributed by atoms with Gasteiger partial charge in [-0.15, -0.1) is 0 Å². The molecule has 0 saturated carbocycles. The third-order valence-corrected chi connectivity index (χ3v) is 5.77. The quantitative estimate of drug-likeness (QED) is 0.401. The van der Waals surface area contributed by atoms with Crippen LogP contribution in [0.25, 0.3) is 0 Å². The molecule has 0 aliphatic carbocycles. The predicted octanol–water partition coefficient (Wildman–Crippen LogP) is 4.61. The van der Waals surface area contributed by atoms with E-state index in [1.807, 2.05) is 45.2 Å². The minimum absolute atomic E-state index is 0.181. The van der Waals surface area contributed by atoms with Gasteiger partial charge in [-0.1, -0.05) is 11.6 Å². The number of carboxylic acids is 1. The van der Waals surface area contributed by atoms with Crippen molar-refractivity contribution in [1.29, 1.82) is 0 Å². The van der Waals surface area contributed by atoms with Crippen LogP contribution in [0.3, 0.4) is 0 Å². The number of aromatic hydroxyl groups is 1. The molecule has 24 heavy (non-hydrogen) atoms. The van der Waals surface area contributed by atoms with Crippen molar-refractivity contribution in [1.82, 2.24) is 0 Å². The van der Waals surface area contributed by atoms with E-state index in [9.17, 15) is 9.90 Å². The van der Waals surface area contributed by atoms with Gasteiger partial charge in [-0.25, -0.2) is 0 Å². The Morgan fingerprint density at radius 1 is 1.17 bits per heavy atom. The Balaban J connectivity index is 2.30. The topological polar surface area (TPSA) is 92.8 Å². The van der Waals surface area contributed by atoms with Gasteiger partial charge in [-0.05, 0) is 104 Å². The van der Waals surface area contributed by atoms with Crippen molar-refractivity contribution < 1.29 is 19.7 Å². The number of hydrogen-bond donors (Lipinski definition) is 3. The van der Waals surface area contributed by atoms with Gasteiger partial charge in [-0.3, -0.25) is 4.79 Å². The first-order valence-electron chi connectivity index (χ1n) is 6.51. The van der Waals surface area contributed by atoms with E-state index in [4.69, 9.17) is 27.2 Å². The molecule has 9 heteroatoms. The average Bonchev–Trinajstić information content (AvgIpc) is 2.48. The molecule has 0 radical (unpaired) electrons. The van der Waals surface area contributed by atoms with Crippen LogP contribution in [0.15, 0.2) is 24.3 Å². The lowest BCUT2D eigenvalue weighted by Crippen LogP contribution is -2.32. The van der Waals surface area contributed by atoms with Crippen LogP contribution in [-0.2, 0) is 11.2 Å². The summed E-state index contributed by atoms with van der Waals surface area (Å²) in [5, 5.41) is 19.1. The van der Waals surface area contributed by atoms with Crippen LogP contribution in [-0.4, -0.2) is 22.2 Å². The Labute approximate surface area is 184 Å².